The van der Waals surface area contributed by atoms with Gasteiger partial charge < -0.3 is 10.2 Å². The van der Waals surface area contributed by atoms with E-state index in [0.717, 1.165) is 22.7 Å². The van der Waals surface area contributed by atoms with Gasteiger partial charge in [0.05, 0.1) is 17.0 Å². The van der Waals surface area contributed by atoms with Gasteiger partial charge in [-0.05, 0) is 49.2 Å². The summed E-state index contributed by atoms with van der Waals surface area (Å²) >= 11 is 5.80. The van der Waals surface area contributed by atoms with Gasteiger partial charge in [-0.3, -0.25) is 13.9 Å². The molecule has 0 fully saturated rings. The maximum absolute atomic E-state index is 13.6. The molecule has 1 atom stereocenters. The number of carbonyl (C=O) groups excluding carboxylic acids is 2. The maximum Gasteiger partial charge on any atom is 0.244 e. The first kappa shape index (κ1) is 26.5. The average Bonchev–Trinajstić information content (AvgIpc) is 2.74. The standard InChI is InChI=1S/C22H26ClF2N3O4S/c1-4-20(22(30)26-5-2)27(13-15-6-8-16(24)9-7-15)21(29)14-28(33(3,31)32)17-10-11-19(25)18(23)12-17/h6-12,20H,4-5,13-14H2,1-3H3,(H,26,30)/t20-/m1/s1. The van der Waals surface area contributed by atoms with E-state index in [-0.39, 0.29) is 23.7 Å². The highest BCUT2D eigenvalue weighted by molar-refractivity contribution is 7.92. The molecule has 0 aliphatic carbocycles. The summed E-state index contributed by atoms with van der Waals surface area (Å²) in [7, 11) is -3.96. The maximum atomic E-state index is 13.6. The van der Waals surface area contributed by atoms with Gasteiger partial charge in [0.2, 0.25) is 21.8 Å². The normalized spacial score (nSPS) is 12.2. The van der Waals surface area contributed by atoms with Crippen molar-refractivity contribution in [1.29, 1.82) is 0 Å². The number of hydrogen-bond donors (Lipinski definition) is 1. The minimum atomic E-state index is -3.96. The molecule has 0 bridgehead atoms. The van der Waals surface area contributed by atoms with Crippen molar-refractivity contribution in [2.75, 3.05) is 23.7 Å². The van der Waals surface area contributed by atoms with E-state index in [1.54, 1.807) is 13.8 Å². The van der Waals surface area contributed by atoms with E-state index in [4.69, 9.17) is 11.6 Å². The van der Waals surface area contributed by atoms with Crippen molar-refractivity contribution >= 4 is 39.1 Å². The molecule has 0 aliphatic heterocycles. The Morgan fingerprint density at radius 1 is 1.09 bits per heavy atom. The average molecular weight is 502 g/mol. The summed E-state index contributed by atoms with van der Waals surface area (Å²) in [6.45, 7) is 3.12. The van der Waals surface area contributed by atoms with Crippen LogP contribution in [-0.4, -0.2) is 50.5 Å². The van der Waals surface area contributed by atoms with Crippen LogP contribution in [0, 0.1) is 11.6 Å². The van der Waals surface area contributed by atoms with Crippen LogP contribution in [0.15, 0.2) is 42.5 Å². The molecular formula is C22H26ClF2N3O4S. The number of likely N-dealkylation sites (N-methyl/N-ethyl adjacent to an activating group) is 1. The lowest BCUT2D eigenvalue weighted by Gasteiger charge is -2.32. The first-order valence-electron chi connectivity index (χ1n) is 10.2. The van der Waals surface area contributed by atoms with Gasteiger partial charge in [-0.15, -0.1) is 0 Å². The van der Waals surface area contributed by atoms with Crippen LogP contribution >= 0.6 is 11.6 Å². The molecule has 1 N–H and O–H groups in total. The molecule has 0 unspecified atom stereocenters. The number of anilines is 1. The Kier molecular flexibility index (Phi) is 9.18. The monoisotopic (exact) mass is 501 g/mol. The number of nitrogens with one attached hydrogen (secondary N) is 1. The number of benzene rings is 2. The number of halogens is 3. The molecule has 0 spiro atoms. The van der Waals surface area contributed by atoms with Crippen LogP contribution in [0.5, 0.6) is 0 Å². The first-order valence-corrected chi connectivity index (χ1v) is 12.4. The Bertz CT molecular complexity index is 1100. The van der Waals surface area contributed by atoms with Crippen LogP contribution in [0.3, 0.4) is 0 Å². The third kappa shape index (κ3) is 7.13. The Balaban J connectivity index is 2.44. The van der Waals surface area contributed by atoms with Crippen molar-refractivity contribution in [3.63, 3.8) is 0 Å². The van der Waals surface area contributed by atoms with Crippen LogP contribution in [0.4, 0.5) is 14.5 Å². The predicted molar refractivity (Wildman–Crippen MR) is 123 cm³/mol. The summed E-state index contributed by atoms with van der Waals surface area (Å²) in [5, 5.41) is 2.37. The molecule has 180 valence electrons. The largest absolute Gasteiger partial charge is 0.355 e. The lowest BCUT2D eigenvalue weighted by atomic mass is 10.1. The van der Waals surface area contributed by atoms with Gasteiger partial charge in [0, 0.05) is 13.1 Å². The van der Waals surface area contributed by atoms with E-state index < -0.39 is 46.1 Å². The summed E-state index contributed by atoms with van der Waals surface area (Å²) < 4.78 is 52.6. The summed E-state index contributed by atoms with van der Waals surface area (Å²) in [4.78, 5) is 27.3. The Morgan fingerprint density at radius 2 is 1.73 bits per heavy atom. The minimum Gasteiger partial charge on any atom is -0.355 e. The van der Waals surface area contributed by atoms with Crippen LogP contribution in [0.1, 0.15) is 25.8 Å². The number of carbonyl (C=O) groups is 2. The highest BCUT2D eigenvalue weighted by Crippen LogP contribution is 2.25. The van der Waals surface area contributed by atoms with Crippen molar-refractivity contribution in [3.05, 3.63) is 64.7 Å². The first-order chi connectivity index (χ1) is 15.5. The van der Waals surface area contributed by atoms with Gasteiger partial charge in [-0.25, -0.2) is 17.2 Å². The van der Waals surface area contributed by atoms with E-state index in [9.17, 15) is 26.8 Å². The SMILES string of the molecule is CCNC(=O)[C@@H](CC)N(Cc1ccc(F)cc1)C(=O)CN(c1ccc(F)c(Cl)c1)S(C)(=O)=O. The minimum absolute atomic E-state index is 0.00467. The number of hydrogen-bond acceptors (Lipinski definition) is 4. The molecule has 2 aromatic carbocycles. The Labute approximate surface area is 197 Å². The molecule has 0 aromatic heterocycles. The fourth-order valence-corrected chi connectivity index (χ4v) is 4.27. The van der Waals surface area contributed by atoms with E-state index >= 15 is 0 Å². The van der Waals surface area contributed by atoms with Gasteiger partial charge in [0.15, 0.2) is 0 Å². The Hall–Kier alpha value is -2.72. The third-order valence-corrected chi connectivity index (χ3v) is 6.30. The summed E-state index contributed by atoms with van der Waals surface area (Å²) in [6.07, 6.45) is 1.17. The summed E-state index contributed by atoms with van der Waals surface area (Å²) in [6, 6.07) is 7.84. The molecule has 0 radical (unpaired) electrons. The van der Waals surface area contributed by atoms with Gasteiger partial charge in [-0.1, -0.05) is 30.7 Å². The van der Waals surface area contributed by atoms with Crippen LogP contribution in [0.25, 0.3) is 0 Å². The van der Waals surface area contributed by atoms with Gasteiger partial charge in [-0.2, -0.15) is 0 Å². The molecule has 2 aromatic rings. The lowest BCUT2D eigenvalue weighted by molar-refractivity contribution is -0.140. The summed E-state index contributed by atoms with van der Waals surface area (Å²) in [5.41, 5.74) is 0.563. The zero-order valence-corrected chi connectivity index (χ0v) is 20.1. The van der Waals surface area contributed by atoms with Crippen LogP contribution < -0.4 is 9.62 Å². The van der Waals surface area contributed by atoms with Gasteiger partial charge in [0.1, 0.15) is 24.2 Å². The number of amides is 2. The second-order valence-electron chi connectivity index (χ2n) is 7.33. The molecule has 7 nitrogen and oxygen atoms in total. The van der Waals surface area contributed by atoms with Crippen LogP contribution in [-0.2, 0) is 26.2 Å². The quantitative estimate of drug-likeness (QED) is 0.541. The number of nitrogens with zero attached hydrogens (tertiary/aromatic N) is 2. The molecule has 11 heteroatoms. The second-order valence-corrected chi connectivity index (χ2v) is 9.65. The van der Waals surface area contributed by atoms with E-state index in [1.165, 1.54) is 35.2 Å². The molecule has 0 saturated carbocycles. The molecule has 0 heterocycles. The smallest absolute Gasteiger partial charge is 0.244 e. The van der Waals surface area contributed by atoms with Crippen LogP contribution in [0.2, 0.25) is 5.02 Å². The Morgan fingerprint density at radius 3 is 2.24 bits per heavy atom. The molecule has 2 rings (SSSR count). The van der Waals surface area contributed by atoms with E-state index in [2.05, 4.69) is 5.32 Å². The van der Waals surface area contributed by atoms with Crippen molar-refractivity contribution in [2.45, 2.75) is 32.9 Å². The molecular weight excluding hydrogens is 476 g/mol. The fourth-order valence-electron chi connectivity index (χ4n) is 3.25. The fraction of sp³-hybridized carbons (Fsp3) is 0.364. The zero-order valence-electron chi connectivity index (χ0n) is 18.5. The highest BCUT2D eigenvalue weighted by Gasteiger charge is 2.31. The highest BCUT2D eigenvalue weighted by atomic mass is 35.5. The third-order valence-electron chi connectivity index (χ3n) is 4.87. The second kappa shape index (κ2) is 11.4. The predicted octanol–water partition coefficient (Wildman–Crippen LogP) is 3.33. The van der Waals surface area contributed by atoms with E-state index in [1.807, 2.05) is 0 Å². The van der Waals surface area contributed by atoms with E-state index in [0.29, 0.717) is 12.1 Å². The summed E-state index contributed by atoms with van der Waals surface area (Å²) in [5.74, 6) is -2.25. The molecule has 33 heavy (non-hydrogen) atoms. The molecule has 0 aliphatic rings. The zero-order chi connectivity index (χ0) is 24.8. The van der Waals surface area contributed by atoms with Gasteiger partial charge in [0.25, 0.3) is 0 Å². The molecule has 0 saturated heterocycles. The van der Waals surface area contributed by atoms with Gasteiger partial charge >= 0.3 is 0 Å². The lowest BCUT2D eigenvalue weighted by Crippen LogP contribution is -2.52. The van der Waals surface area contributed by atoms with Crippen molar-refractivity contribution in [3.8, 4) is 0 Å². The van der Waals surface area contributed by atoms with Crippen molar-refractivity contribution in [1.82, 2.24) is 10.2 Å². The van der Waals surface area contributed by atoms with Crippen molar-refractivity contribution < 1.29 is 26.8 Å². The van der Waals surface area contributed by atoms with Crippen molar-refractivity contribution in [2.24, 2.45) is 0 Å². The number of sulfonamides is 1. The topological polar surface area (TPSA) is 86.8 Å². The number of rotatable bonds is 10. The molecule has 2 amide bonds.